The third-order valence-corrected chi connectivity index (χ3v) is 5.08. The Balaban J connectivity index is 1.76. The van der Waals surface area contributed by atoms with Gasteiger partial charge in [0.2, 0.25) is 0 Å². The first kappa shape index (κ1) is 16.0. The lowest BCUT2D eigenvalue weighted by Crippen LogP contribution is -2.15. The smallest absolute Gasteiger partial charge is 0.357 e. The lowest BCUT2D eigenvalue weighted by Gasteiger charge is -2.21. The number of halogens is 2. The molecule has 1 aromatic carbocycles. The van der Waals surface area contributed by atoms with E-state index < -0.39 is 17.6 Å². The highest BCUT2D eigenvalue weighted by atomic mass is 19.1. The maximum Gasteiger partial charge on any atom is 0.357 e. The van der Waals surface area contributed by atoms with Gasteiger partial charge in [0.15, 0.2) is 5.69 Å². The minimum Gasteiger partial charge on any atom is -0.461 e. The molecule has 0 aliphatic heterocycles. The van der Waals surface area contributed by atoms with Crippen LogP contribution in [-0.2, 0) is 4.74 Å². The average Bonchev–Trinajstić information content (AvgIpc) is 3.20. The van der Waals surface area contributed by atoms with Crippen molar-refractivity contribution in [2.75, 3.05) is 11.9 Å². The second kappa shape index (κ2) is 6.10. The van der Waals surface area contributed by atoms with E-state index in [1.807, 2.05) is 0 Å². The molecule has 2 unspecified atom stereocenters. The number of hydrogen-bond donors (Lipinski definition) is 1. The zero-order valence-electron chi connectivity index (χ0n) is 13.8. The van der Waals surface area contributed by atoms with Crippen molar-refractivity contribution in [2.45, 2.75) is 38.0 Å². The van der Waals surface area contributed by atoms with Crippen LogP contribution in [0.15, 0.2) is 24.4 Å². The largest absolute Gasteiger partial charge is 0.461 e. The molecule has 0 amide bonds. The fourth-order valence-electron chi connectivity index (χ4n) is 4.10. The fraction of sp³-hybridized carbons (Fsp3) is 0.368. The molecule has 1 fully saturated rings. The first-order valence-electron chi connectivity index (χ1n) is 8.50. The van der Waals surface area contributed by atoms with Crippen LogP contribution in [0.3, 0.4) is 0 Å². The van der Waals surface area contributed by atoms with E-state index in [1.54, 1.807) is 13.1 Å². The van der Waals surface area contributed by atoms with Gasteiger partial charge in [0.1, 0.15) is 11.6 Å². The molecule has 4 rings (SSSR count). The van der Waals surface area contributed by atoms with E-state index in [9.17, 15) is 13.6 Å². The number of fused-ring (bicyclic) bond motifs is 5. The highest BCUT2D eigenvalue weighted by molar-refractivity contribution is 5.91. The number of ether oxygens (including phenoxy) is 1. The lowest BCUT2D eigenvalue weighted by atomic mass is 9.89. The van der Waals surface area contributed by atoms with Crippen LogP contribution in [0.4, 0.5) is 20.2 Å². The summed E-state index contributed by atoms with van der Waals surface area (Å²) in [6, 6.07) is 3.41. The molecule has 2 aliphatic carbocycles. The van der Waals surface area contributed by atoms with Gasteiger partial charge in [-0.1, -0.05) is 0 Å². The van der Waals surface area contributed by atoms with Gasteiger partial charge in [-0.3, -0.25) is 0 Å². The van der Waals surface area contributed by atoms with E-state index in [0.717, 1.165) is 36.5 Å². The Morgan fingerprint density at radius 2 is 2.00 bits per heavy atom. The standard InChI is InChI=1S/C19H18F2N2O2/c1-2-25-19(24)18-17-11-4-3-10(7-11)16(17)15(9-22-18)23-14-6-5-12(20)8-13(14)21/h5-6,8-11,23H,2-4,7H2,1H3. The topological polar surface area (TPSA) is 51.2 Å². The third kappa shape index (κ3) is 2.65. The first-order chi connectivity index (χ1) is 12.1. The summed E-state index contributed by atoms with van der Waals surface area (Å²) < 4.78 is 32.2. The van der Waals surface area contributed by atoms with Crippen LogP contribution in [0, 0.1) is 11.6 Å². The van der Waals surface area contributed by atoms with Gasteiger partial charge in [0.25, 0.3) is 0 Å². The van der Waals surface area contributed by atoms with Crippen LogP contribution in [0.25, 0.3) is 0 Å². The van der Waals surface area contributed by atoms with Gasteiger partial charge >= 0.3 is 5.97 Å². The average molecular weight is 344 g/mol. The molecule has 6 heteroatoms. The highest BCUT2D eigenvalue weighted by Gasteiger charge is 2.42. The number of pyridine rings is 1. The summed E-state index contributed by atoms with van der Waals surface area (Å²) in [5.74, 6) is -1.06. The van der Waals surface area contributed by atoms with Gasteiger partial charge in [-0.25, -0.2) is 18.6 Å². The van der Waals surface area contributed by atoms with Crippen LogP contribution in [-0.4, -0.2) is 17.6 Å². The summed E-state index contributed by atoms with van der Waals surface area (Å²) in [5.41, 5.74) is 3.20. The second-order valence-corrected chi connectivity index (χ2v) is 6.52. The van der Waals surface area contributed by atoms with Crippen molar-refractivity contribution in [3.63, 3.8) is 0 Å². The molecule has 1 aromatic heterocycles. The fourth-order valence-corrected chi connectivity index (χ4v) is 4.10. The summed E-state index contributed by atoms with van der Waals surface area (Å²) in [4.78, 5) is 16.5. The Morgan fingerprint density at radius 3 is 2.72 bits per heavy atom. The molecule has 0 spiro atoms. The molecule has 1 saturated carbocycles. The molecule has 0 radical (unpaired) electrons. The molecule has 2 atom stereocenters. The number of hydrogen-bond acceptors (Lipinski definition) is 4. The van der Waals surface area contributed by atoms with Crippen LogP contribution in [0.5, 0.6) is 0 Å². The number of aromatic nitrogens is 1. The Bertz CT molecular complexity index is 854. The summed E-state index contributed by atoms with van der Waals surface area (Å²) in [6.07, 6.45) is 4.60. The van der Waals surface area contributed by atoms with Gasteiger partial charge in [0.05, 0.1) is 24.2 Å². The molecule has 130 valence electrons. The first-order valence-corrected chi connectivity index (χ1v) is 8.50. The SMILES string of the molecule is CCOC(=O)c1ncc(Nc2ccc(F)cc2F)c2c1C1CCC2C1. The minimum atomic E-state index is -0.661. The van der Waals surface area contributed by atoms with Gasteiger partial charge < -0.3 is 10.1 Å². The number of nitrogens with zero attached hydrogens (tertiary/aromatic N) is 1. The normalized spacial score (nSPS) is 20.4. The molecule has 1 N–H and O–H groups in total. The van der Waals surface area contributed by atoms with Crippen LogP contribution >= 0.6 is 0 Å². The van der Waals surface area contributed by atoms with E-state index in [2.05, 4.69) is 10.3 Å². The number of nitrogens with one attached hydrogen (secondary N) is 1. The number of esters is 1. The highest BCUT2D eigenvalue weighted by Crippen LogP contribution is 2.56. The summed E-state index contributed by atoms with van der Waals surface area (Å²) in [5, 5.41) is 3.03. The number of rotatable bonds is 4. The Labute approximate surface area is 144 Å². The second-order valence-electron chi connectivity index (χ2n) is 6.52. The van der Waals surface area contributed by atoms with Gasteiger partial charge in [-0.2, -0.15) is 0 Å². The zero-order chi connectivity index (χ0) is 17.6. The van der Waals surface area contributed by atoms with E-state index in [4.69, 9.17) is 4.74 Å². The third-order valence-electron chi connectivity index (χ3n) is 5.08. The van der Waals surface area contributed by atoms with Crippen molar-refractivity contribution in [3.8, 4) is 0 Å². The van der Waals surface area contributed by atoms with Crippen molar-refractivity contribution < 1.29 is 18.3 Å². The molecule has 4 nitrogen and oxygen atoms in total. The summed E-state index contributed by atoms with van der Waals surface area (Å²) in [7, 11) is 0. The van der Waals surface area contributed by atoms with E-state index >= 15 is 0 Å². The molecule has 2 bridgehead atoms. The Morgan fingerprint density at radius 1 is 1.24 bits per heavy atom. The minimum absolute atomic E-state index is 0.192. The molecule has 0 saturated heterocycles. The predicted octanol–water partition coefficient (Wildman–Crippen LogP) is 4.64. The van der Waals surface area contributed by atoms with Gasteiger partial charge in [-0.15, -0.1) is 0 Å². The molecule has 1 heterocycles. The number of benzene rings is 1. The van der Waals surface area contributed by atoms with E-state index in [-0.39, 0.29) is 5.69 Å². The van der Waals surface area contributed by atoms with Crippen molar-refractivity contribution in [3.05, 3.63) is 52.9 Å². The lowest BCUT2D eigenvalue weighted by molar-refractivity contribution is 0.0517. The molecular formula is C19H18F2N2O2. The Kier molecular flexibility index (Phi) is 3.90. The van der Waals surface area contributed by atoms with Crippen LogP contribution < -0.4 is 5.32 Å². The molecule has 2 aromatic rings. The van der Waals surface area contributed by atoms with Crippen LogP contribution in [0.2, 0.25) is 0 Å². The maximum absolute atomic E-state index is 14.0. The van der Waals surface area contributed by atoms with E-state index in [0.29, 0.717) is 29.8 Å². The van der Waals surface area contributed by atoms with Crippen LogP contribution in [0.1, 0.15) is 59.6 Å². The van der Waals surface area contributed by atoms with Crippen molar-refractivity contribution >= 4 is 17.3 Å². The van der Waals surface area contributed by atoms with Gasteiger partial charge in [-0.05, 0) is 61.3 Å². The maximum atomic E-state index is 14.0. The summed E-state index contributed by atoms with van der Waals surface area (Å²) in [6.45, 7) is 2.06. The predicted molar refractivity (Wildman–Crippen MR) is 89.2 cm³/mol. The molecular weight excluding hydrogens is 326 g/mol. The number of carbonyl (C=O) groups excluding carboxylic acids is 1. The van der Waals surface area contributed by atoms with Crippen molar-refractivity contribution in [1.82, 2.24) is 4.98 Å². The molecule has 2 aliphatic rings. The monoisotopic (exact) mass is 344 g/mol. The zero-order valence-corrected chi connectivity index (χ0v) is 13.8. The number of carbonyl (C=O) groups is 1. The number of anilines is 2. The summed E-state index contributed by atoms with van der Waals surface area (Å²) >= 11 is 0. The Hall–Kier alpha value is -2.50. The van der Waals surface area contributed by atoms with Crippen molar-refractivity contribution in [1.29, 1.82) is 0 Å². The van der Waals surface area contributed by atoms with E-state index in [1.165, 1.54) is 12.1 Å². The van der Waals surface area contributed by atoms with Crippen molar-refractivity contribution in [2.24, 2.45) is 0 Å². The van der Waals surface area contributed by atoms with Gasteiger partial charge in [0, 0.05) is 6.07 Å². The quantitative estimate of drug-likeness (QED) is 0.821. The molecule has 25 heavy (non-hydrogen) atoms.